The highest BCUT2D eigenvalue weighted by Gasteiger charge is 2.37. The lowest BCUT2D eigenvalue weighted by molar-refractivity contribution is -0.127. The van der Waals surface area contributed by atoms with Crippen LogP contribution in [0.25, 0.3) is 0 Å². The van der Waals surface area contributed by atoms with Crippen molar-refractivity contribution in [2.75, 3.05) is 7.05 Å². The number of nitrogens with one attached hydrogen (secondary N) is 1. The molecule has 0 saturated carbocycles. The van der Waals surface area contributed by atoms with E-state index in [2.05, 4.69) is 11.1 Å². The fraction of sp³-hybridized carbons (Fsp3) is 0.545. The molecule has 3 N–H and O–H groups in total. The lowest BCUT2D eigenvalue weighted by Gasteiger charge is -2.22. The average Bonchev–Trinajstić information content (AvgIpc) is 2.56. The molecule has 2 rings (SSSR count). The molecule has 1 aliphatic heterocycles. The quantitative estimate of drug-likeness (QED) is 0.717. The number of amides is 1. The number of aryl methyl sites for hydroxylation is 2. The van der Waals surface area contributed by atoms with Crippen LogP contribution < -0.4 is 5.73 Å². The molecule has 1 aromatic heterocycles. The van der Waals surface area contributed by atoms with Crippen molar-refractivity contribution in [3.05, 3.63) is 23.0 Å². The van der Waals surface area contributed by atoms with E-state index >= 15 is 0 Å². The number of nitrogens with two attached hydrogens (primary N) is 1. The predicted octanol–water partition coefficient (Wildman–Crippen LogP) is 0.862. The maximum absolute atomic E-state index is 11.5. The molecule has 4 nitrogen and oxygen atoms in total. The summed E-state index contributed by atoms with van der Waals surface area (Å²) in [7, 11) is 1.82. The molecule has 1 fully saturated rings. The van der Waals surface area contributed by atoms with Crippen LogP contribution in [0.2, 0.25) is 0 Å². The van der Waals surface area contributed by atoms with Gasteiger partial charge in [-0.1, -0.05) is 0 Å². The highest BCUT2D eigenvalue weighted by Crippen LogP contribution is 2.32. The van der Waals surface area contributed by atoms with Crippen molar-refractivity contribution in [2.45, 2.75) is 32.4 Å². The number of carbonyl (C=O) groups is 1. The van der Waals surface area contributed by atoms with Gasteiger partial charge in [-0.05, 0) is 25.5 Å². The first-order valence-corrected chi connectivity index (χ1v) is 5.18. The van der Waals surface area contributed by atoms with Crippen molar-refractivity contribution in [1.29, 1.82) is 0 Å². The summed E-state index contributed by atoms with van der Waals surface area (Å²) >= 11 is 0. The Morgan fingerprint density at radius 2 is 2.20 bits per heavy atom. The summed E-state index contributed by atoms with van der Waals surface area (Å²) in [5.74, 6) is 0.130. The molecular formula is C11H17N3O. The Hall–Kier alpha value is -1.29. The minimum Gasteiger partial charge on any atom is -0.362 e. The third kappa shape index (κ3) is 1.55. The summed E-state index contributed by atoms with van der Waals surface area (Å²) in [6, 6.07) is 2.02. The SMILES string of the molecule is Cc1cc([C@@H]2[C@@H](N)CC(=O)N2C)c(C)[nH]1. The molecule has 0 aromatic carbocycles. The lowest BCUT2D eigenvalue weighted by atomic mass is 10.0. The fourth-order valence-electron chi connectivity index (χ4n) is 2.39. The largest absolute Gasteiger partial charge is 0.362 e. The third-order valence-electron chi connectivity index (χ3n) is 3.13. The minimum absolute atomic E-state index is 0.0300. The number of nitrogens with zero attached hydrogens (tertiary/aromatic N) is 1. The van der Waals surface area contributed by atoms with Gasteiger partial charge in [-0.3, -0.25) is 4.79 Å². The summed E-state index contributed by atoms with van der Waals surface area (Å²) in [5, 5.41) is 0. The first-order chi connectivity index (χ1) is 7.00. The summed E-state index contributed by atoms with van der Waals surface area (Å²) < 4.78 is 0. The maximum Gasteiger partial charge on any atom is 0.224 e. The van der Waals surface area contributed by atoms with E-state index in [1.54, 1.807) is 4.90 Å². The van der Waals surface area contributed by atoms with Gasteiger partial charge in [0.05, 0.1) is 6.04 Å². The zero-order chi connectivity index (χ0) is 11.2. The van der Waals surface area contributed by atoms with Gasteiger partial charge in [0, 0.05) is 30.9 Å². The number of hydrogen-bond donors (Lipinski definition) is 2. The van der Waals surface area contributed by atoms with Crippen LogP contribution in [0.1, 0.15) is 29.4 Å². The van der Waals surface area contributed by atoms with Crippen LogP contribution in [0, 0.1) is 13.8 Å². The van der Waals surface area contributed by atoms with E-state index in [1.807, 2.05) is 20.9 Å². The number of H-pyrrole nitrogens is 1. The van der Waals surface area contributed by atoms with E-state index in [9.17, 15) is 4.79 Å². The molecule has 1 saturated heterocycles. The molecule has 0 bridgehead atoms. The first-order valence-electron chi connectivity index (χ1n) is 5.18. The first kappa shape index (κ1) is 10.2. The number of hydrogen-bond acceptors (Lipinski definition) is 2. The number of likely N-dealkylation sites (N-methyl/N-ethyl adjacent to an activating group) is 1. The van der Waals surface area contributed by atoms with Crippen molar-refractivity contribution < 1.29 is 4.79 Å². The zero-order valence-electron chi connectivity index (χ0n) is 9.37. The summed E-state index contributed by atoms with van der Waals surface area (Å²) in [6.45, 7) is 4.03. The Labute approximate surface area is 89.5 Å². The molecular weight excluding hydrogens is 190 g/mol. The number of aromatic amines is 1. The second kappa shape index (κ2) is 3.38. The molecule has 0 spiro atoms. The molecule has 1 aliphatic rings. The van der Waals surface area contributed by atoms with Crippen LogP contribution in [0.4, 0.5) is 0 Å². The van der Waals surface area contributed by atoms with Crippen molar-refractivity contribution >= 4 is 5.91 Å². The summed E-state index contributed by atoms with van der Waals surface area (Å²) in [6.07, 6.45) is 0.449. The second-order valence-corrected chi connectivity index (χ2v) is 4.35. The Balaban J connectivity index is 2.38. The third-order valence-corrected chi connectivity index (χ3v) is 3.13. The number of rotatable bonds is 1. The standard InChI is InChI=1S/C11H17N3O/c1-6-4-8(7(2)13-6)11-9(12)5-10(15)14(11)3/h4,9,11,13H,5,12H2,1-3H3/t9-,11+/m0/s1. The number of carbonyl (C=O) groups excluding carboxylic acids is 1. The fourth-order valence-corrected chi connectivity index (χ4v) is 2.39. The number of aromatic nitrogens is 1. The predicted molar refractivity (Wildman–Crippen MR) is 58.4 cm³/mol. The molecule has 1 aromatic rings. The second-order valence-electron chi connectivity index (χ2n) is 4.35. The zero-order valence-corrected chi connectivity index (χ0v) is 9.37. The molecule has 4 heteroatoms. The van der Waals surface area contributed by atoms with Gasteiger partial charge in [0.25, 0.3) is 0 Å². The van der Waals surface area contributed by atoms with Gasteiger partial charge in [0.15, 0.2) is 0 Å². The minimum atomic E-state index is -0.0867. The highest BCUT2D eigenvalue weighted by molar-refractivity contribution is 5.80. The maximum atomic E-state index is 11.5. The Morgan fingerprint density at radius 3 is 2.60 bits per heavy atom. The van der Waals surface area contributed by atoms with E-state index < -0.39 is 0 Å². The van der Waals surface area contributed by atoms with Crippen LogP contribution >= 0.6 is 0 Å². The summed E-state index contributed by atoms with van der Waals surface area (Å²) in [5.41, 5.74) is 9.36. The average molecular weight is 207 g/mol. The van der Waals surface area contributed by atoms with E-state index in [0.29, 0.717) is 6.42 Å². The molecule has 2 atom stereocenters. The molecule has 0 radical (unpaired) electrons. The Kier molecular flexibility index (Phi) is 2.31. The molecule has 15 heavy (non-hydrogen) atoms. The van der Waals surface area contributed by atoms with Crippen molar-refractivity contribution in [3.63, 3.8) is 0 Å². The van der Waals surface area contributed by atoms with Gasteiger partial charge < -0.3 is 15.6 Å². The van der Waals surface area contributed by atoms with Gasteiger partial charge in [-0.25, -0.2) is 0 Å². The van der Waals surface area contributed by atoms with Crippen LogP contribution in [0.5, 0.6) is 0 Å². The van der Waals surface area contributed by atoms with E-state index in [4.69, 9.17) is 5.73 Å². The lowest BCUT2D eigenvalue weighted by Crippen LogP contribution is -2.30. The molecule has 2 heterocycles. The van der Waals surface area contributed by atoms with Crippen molar-refractivity contribution in [1.82, 2.24) is 9.88 Å². The van der Waals surface area contributed by atoms with Crippen molar-refractivity contribution in [3.8, 4) is 0 Å². The summed E-state index contributed by atoms with van der Waals surface area (Å²) in [4.78, 5) is 16.5. The van der Waals surface area contributed by atoms with Crippen molar-refractivity contribution in [2.24, 2.45) is 5.73 Å². The molecule has 1 amide bonds. The Bertz CT molecular complexity index is 397. The van der Waals surface area contributed by atoms with Gasteiger partial charge in [0.1, 0.15) is 0 Å². The molecule has 0 aliphatic carbocycles. The monoisotopic (exact) mass is 207 g/mol. The van der Waals surface area contributed by atoms with Gasteiger partial charge >= 0.3 is 0 Å². The van der Waals surface area contributed by atoms with Gasteiger partial charge in [-0.2, -0.15) is 0 Å². The highest BCUT2D eigenvalue weighted by atomic mass is 16.2. The van der Waals surface area contributed by atoms with E-state index in [-0.39, 0.29) is 18.0 Å². The number of likely N-dealkylation sites (tertiary alicyclic amines) is 1. The van der Waals surface area contributed by atoms with Gasteiger partial charge in [0.2, 0.25) is 5.91 Å². The van der Waals surface area contributed by atoms with Crippen LogP contribution in [-0.4, -0.2) is 28.9 Å². The van der Waals surface area contributed by atoms with Crippen LogP contribution in [0.3, 0.4) is 0 Å². The normalized spacial score (nSPS) is 26.4. The Morgan fingerprint density at radius 1 is 1.53 bits per heavy atom. The van der Waals surface area contributed by atoms with Crippen LogP contribution in [0.15, 0.2) is 6.07 Å². The van der Waals surface area contributed by atoms with Crippen LogP contribution in [-0.2, 0) is 4.79 Å². The van der Waals surface area contributed by atoms with E-state index in [0.717, 1.165) is 17.0 Å². The topological polar surface area (TPSA) is 62.1 Å². The molecule has 82 valence electrons. The van der Waals surface area contributed by atoms with E-state index in [1.165, 1.54) is 0 Å². The van der Waals surface area contributed by atoms with Gasteiger partial charge in [-0.15, -0.1) is 0 Å². The smallest absolute Gasteiger partial charge is 0.224 e. The molecule has 0 unspecified atom stereocenters.